The summed E-state index contributed by atoms with van der Waals surface area (Å²) in [5.41, 5.74) is 2.63. The molecule has 0 amide bonds. The van der Waals surface area contributed by atoms with Crippen LogP contribution in [0.3, 0.4) is 0 Å². The molecule has 0 unspecified atom stereocenters. The maximum absolute atomic E-state index is 13.1. The molecule has 2 aromatic carbocycles. The first-order valence-electron chi connectivity index (χ1n) is 15.2. The molecule has 0 atom stereocenters. The van der Waals surface area contributed by atoms with Gasteiger partial charge in [0, 0.05) is 23.8 Å². The summed E-state index contributed by atoms with van der Waals surface area (Å²) in [6.45, 7) is 1.71. The van der Waals surface area contributed by atoms with Gasteiger partial charge in [0.15, 0.2) is 0 Å². The van der Waals surface area contributed by atoms with Crippen molar-refractivity contribution in [1.82, 2.24) is 19.5 Å². The number of H-pyrrole nitrogens is 3. The number of aliphatic imine (C=N–C) groups is 1. The Kier molecular flexibility index (Phi) is 6.12. The fourth-order valence-electron chi connectivity index (χ4n) is 8.87. The van der Waals surface area contributed by atoms with Gasteiger partial charge in [-0.2, -0.15) is 0 Å². The van der Waals surface area contributed by atoms with Gasteiger partial charge >= 0.3 is 11.4 Å². The summed E-state index contributed by atoms with van der Waals surface area (Å²) in [7, 11) is 0. The Morgan fingerprint density at radius 1 is 0.884 bits per heavy atom. The van der Waals surface area contributed by atoms with Crippen LogP contribution in [0.1, 0.15) is 62.5 Å². The Morgan fingerprint density at radius 3 is 2.19 bits per heavy atom. The van der Waals surface area contributed by atoms with Crippen LogP contribution in [0.2, 0.25) is 0 Å². The molecular formula is C32H33BrN6O4. The van der Waals surface area contributed by atoms with E-state index in [1.54, 1.807) is 6.07 Å². The Bertz CT molecular complexity index is 1940. The number of aromatic nitrogens is 4. The Balaban J connectivity index is 1.18. The number of nitrogens with one attached hydrogen (secondary N) is 3. The van der Waals surface area contributed by atoms with E-state index < -0.39 is 17.1 Å². The van der Waals surface area contributed by atoms with Gasteiger partial charge in [-0.25, -0.2) is 14.2 Å². The monoisotopic (exact) mass is 644 g/mol. The lowest BCUT2D eigenvalue weighted by Gasteiger charge is -2.57. The molecule has 4 bridgehead atoms. The fourth-order valence-corrected chi connectivity index (χ4v) is 9.43. The summed E-state index contributed by atoms with van der Waals surface area (Å²) in [5.74, 6) is 1.93. The molecule has 222 valence electrons. The maximum atomic E-state index is 13.1. The zero-order valence-electron chi connectivity index (χ0n) is 23.7. The highest BCUT2D eigenvalue weighted by molar-refractivity contribution is 9.10. The number of anilines is 1. The van der Waals surface area contributed by atoms with Crippen molar-refractivity contribution in [3.63, 3.8) is 0 Å². The first-order chi connectivity index (χ1) is 20.8. The highest BCUT2D eigenvalue weighted by Gasteiger charge is 2.51. The SMILES string of the molecule is O=c1[nH]c2cc(N=Cc3c(O)n(-c4ccc(C56CC7CC(CC(C7)C5)C6)cc4Br)c(=O)[nH]c3=O)c(N3CCCC3)cc2[nH]1. The van der Waals surface area contributed by atoms with Crippen LogP contribution in [0.5, 0.6) is 5.88 Å². The number of nitrogens with zero attached hydrogens (tertiary/aromatic N) is 3. The number of halogens is 1. The van der Waals surface area contributed by atoms with Crippen LogP contribution in [-0.2, 0) is 5.41 Å². The lowest BCUT2D eigenvalue weighted by atomic mass is 9.48. The summed E-state index contributed by atoms with van der Waals surface area (Å²) >= 11 is 3.69. The summed E-state index contributed by atoms with van der Waals surface area (Å²) in [6.07, 6.45) is 11.1. The fraction of sp³-hybridized carbons (Fsp3) is 0.438. The number of benzene rings is 2. The molecule has 1 saturated heterocycles. The van der Waals surface area contributed by atoms with E-state index >= 15 is 0 Å². The quantitative estimate of drug-likeness (QED) is 0.227. The van der Waals surface area contributed by atoms with Crippen molar-refractivity contribution < 1.29 is 5.11 Å². The zero-order chi connectivity index (χ0) is 29.5. The normalized spacial score (nSPS) is 26.3. The second kappa shape index (κ2) is 9.83. The minimum atomic E-state index is -0.734. The van der Waals surface area contributed by atoms with E-state index in [0.29, 0.717) is 26.9 Å². The summed E-state index contributed by atoms with van der Waals surface area (Å²) in [4.78, 5) is 52.6. The predicted octanol–water partition coefficient (Wildman–Crippen LogP) is 4.98. The minimum absolute atomic E-state index is 0.133. The number of hydrogen-bond acceptors (Lipinski definition) is 6. The lowest BCUT2D eigenvalue weighted by Crippen LogP contribution is -2.48. The van der Waals surface area contributed by atoms with Gasteiger partial charge in [-0.1, -0.05) is 6.07 Å². The van der Waals surface area contributed by atoms with Crippen LogP contribution in [-0.4, -0.2) is 43.9 Å². The van der Waals surface area contributed by atoms with E-state index in [9.17, 15) is 19.5 Å². The topological polar surface area (TPSA) is 139 Å². The van der Waals surface area contributed by atoms with Crippen molar-refractivity contribution in [2.24, 2.45) is 22.7 Å². The van der Waals surface area contributed by atoms with Gasteiger partial charge in [-0.05, 0) is 120 Å². The van der Waals surface area contributed by atoms with E-state index in [0.717, 1.165) is 53.9 Å². The molecule has 1 aliphatic heterocycles. The zero-order valence-corrected chi connectivity index (χ0v) is 25.2. The molecule has 4 saturated carbocycles. The Hall–Kier alpha value is -3.86. The molecule has 0 radical (unpaired) electrons. The van der Waals surface area contributed by atoms with Gasteiger partial charge in [0.2, 0.25) is 5.88 Å². The molecule has 43 heavy (non-hydrogen) atoms. The van der Waals surface area contributed by atoms with E-state index in [1.807, 2.05) is 12.1 Å². The first-order valence-corrected chi connectivity index (χ1v) is 16.0. The highest BCUT2D eigenvalue weighted by atomic mass is 79.9. The third-order valence-corrected chi connectivity index (χ3v) is 11.0. The summed E-state index contributed by atoms with van der Waals surface area (Å²) in [6, 6.07) is 9.67. The number of aromatic amines is 3. The molecule has 4 aromatic rings. The average molecular weight is 646 g/mol. The highest BCUT2D eigenvalue weighted by Crippen LogP contribution is 2.61. The van der Waals surface area contributed by atoms with E-state index in [4.69, 9.17) is 0 Å². The molecule has 4 N–H and O–H groups in total. The van der Waals surface area contributed by atoms with Crippen molar-refractivity contribution in [3.8, 4) is 11.6 Å². The molecule has 11 heteroatoms. The molecule has 0 spiro atoms. The number of hydrogen-bond donors (Lipinski definition) is 4. The van der Waals surface area contributed by atoms with Crippen molar-refractivity contribution in [2.45, 2.75) is 56.8 Å². The van der Waals surface area contributed by atoms with Crippen molar-refractivity contribution >= 4 is 44.6 Å². The van der Waals surface area contributed by atoms with Gasteiger partial charge < -0.3 is 20.0 Å². The minimum Gasteiger partial charge on any atom is -0.493 e. The molecule has 3 heterocycles. The van der Waals surface area contributed by atoms with E-state index in [1.165, 1.54) is 50.3 Å². The third kappa shape index (κ3) is 4.42. The van der Waals surface area contributed by atoms with Gasteiger partial charge in [0.05, 0.1) is 28.1 Å². The standard InChI is InChI=1S/C32H33BrN6O4/c33-22-10-20(32-13-17-7-18(14-32)9-19(8-17)15-32)3-4-26(22)39-29(41)21(28(40)37-31(39)43)16-34-25-11-23-24(36-30(42)35-23)12-27(25)38-5-1-2-6-38/h3-4,10-12,16-19,41H,1-2,5-9,13-15H2,(H2,35,36,42)(H,37,40,43). The molecule has 9 rings (SSSR count). The Morgan fingerprint density at radius 2 is 1.53 bits per heavy atom. The molecule has 10 nitrogen and oxygen atoms in total. The summed E-state index contributed by atoms with van der Waals surface area (Å²) < 4.78 is 1.80. The van der Waals surface area contributed by atoms with Crippen LogP contribution in [0.4, 0.5) is 11.4 Å². The third-order valence-electron chi connectivity index (χ3n) is 10.4. The van der Waals surface area contributed by atoms with Crippen molar-refractivity contribution in [2.75, 3.05) is 18.0 Å². The van der Waals surface area contributed by atoms with Gasteiger partial charge in [-0.3, -0.25) is 14.8 Å². The number of imidazole rings is 1. The van der Waals surface area contributed by atoms with Crippen LogP contribution in [0.15, 0.2) is 54.2 Å². The largest absolute Gasteiger partial charge is 0.493 e. The number of fused-ring (bicyclic) bond motifs is 1. The summed E-state index contributed by atoms with van der Waals surface area (Å²) in [5, 5.41) is 11.3. The average Bonchev–Trinajstić information content (AvgIpc) is 3.61. The molecule has 4 aliphatic carbocycles. The van der Waals surface area contributed by atoms with Gasteiger partial charge in [0.25, 0.3) is 5.56 Å². The van der Waals surface area contributed by atoms with Crippen molar-refractivity contribution in [1.29, 1.82) is 0 Å². The van der Waals surface area contributed by atoms with Crippen molar-refractivity contribution in [3.05, 3.63) is 77.3 Å². The van der Waals surface area contributed by atoms with Crippen LogP contribution in [0.25, 0.3) is 16.7 Å². The molecule has 5 aliphatic rings. The second-order valence-corrected chi connectivity index (χ2v) is 14.0. The van der Waals surface area contributed by atoms with E-state index in [-0.39, 0.29) is 16.7 Å². The second-order valence-electron chi connectivity index (χ2n) is 13.1. The van der Waals surface area contributed by atoms with Gasteiger partial charge in [0.1, 0.15) is 5.56 Å². The number of rotatable bonds is 5. The maximum Gasteiger partial charge on any atom is 0.335 e. The van der Waals surface area contributed by atoms with Crippen LogP contribution >= 0.6 is 15.9 Å². The lowest BCUT2D eigenvalue weighted by molar-refractivity contribution is -0.00521. The number of aromatic hydroxyl groups is 1. The van der Waals surface area contributed by atoms with E-state index in [2.05, 4.69) is 52.9 Å². The first kappa shape index (κ1) is 26.7. The molecule has 5 fully saturated rings. The smallest absolute Gasteiger partial charge is 0.335 e. The molecule has 2 aromatic heterocycles. The van der Waals surface area contributed by atoms with Crippen LogP contribution < -0.4 is 21.8 Å². The predicted molar refractivity (Wildman–Crippen MR) is 169 cm³/mol. The van der Waals surface area contributed by atoms with Crippen LogP contribution in [0, 0.1) is 17.8 Å². The molecular weight excluding hydrogens is 612 g/mol. The van der Waals surface area contributed by atoms with Gasteiger partial charge in [-0.15, -0.1) is 0 Å². The Labute approximate surface area is 255 Å².